The van der Waals surface area contributed by atoms with Gasteiger partial charge in [0.25, 0.3) is 5.91 Å². The number of sulfonamides is 1. The highest BCUT2D eigenvalue weighted by atomic mass is 32.2. The third-order valence-electron chi connectivity index (χ3n) is 4.89. The predicted octanol–water partition coefficient (Wildman–Crippen LogP) is 1.68. The molecule has 1 aromatic rings. The topological polar surface area (TPSA) is 117 Å². The Morgan fingerprint density at radius 3 is 2.54 bits per heavy atom. The van der Waals surface area contributed by atoms with Gasteiger partial charge in [-0.25, -0.2) is 13.2 Å². The lowest BCUT2D eigenvalue weighted by Gasteiger charge is -2.27. The predicted molar refractivity (Wildman–Crippen MR) is 102 cm³/mol. The van der Waals surface area contributed by atoms with Crippen molar-refractivity contribution in [2.75, 3.05) is 19.7 Å². The zero-order valence-electron chi connectivity index (χ0n) is 16.3. The maximum atomic E-state index is 12.6. The smallest absolute Gasteiger partial charge is 0.338 e. The summed E-state index contributed by atoms with van der Waals surface area (Å²) < 4.78 is 31.6. The summed E-state index contributed by atoms with van der Waals surface area (Å²) in [5.41, 5.74) is -1.03. The molecule has 0 unspecified atom stereocenters. The first-order valence-electron chi connectivity index (χ1n) is 9.10. The molecule has 2 rings (SSSR count). The third kappa shape index (κ3) is 4.88. The number of rotatable bonds is 7. The Morgan fingerprint density at radius 2 is 1.96 bits per heavy atom. The molecule has 1 aromatic carbocycles. The fourth-order valence-electron chi connectivity index (χ4n) is 2.70. The van der Waals surface area contributed by atoms with E-state index in [-0.39, 0.29) is 16.4 Å². The molecular formula is C19H25N3O5S. The molecule has 1 amide bonds. The number of esters is 1. The normalized spacial score (nSPS) is 17.0. The minimum Gasteiger partial charge on any atom is -0.452 e. The van der Waals surface area contributed by atoms with Gasteiger partial charge in [0.1, 0.15) is 5.54 Å². The fourth-order valence-corrected chi connectivity index (χ4v) is 4.27. The van der Waals surface area contributed by atoms with Crippen LogP contribution >= 0.6 is 0 Å². The average Bonchev–Trinajstić information content (AvgIpc) is 3.21. The lowest BCUT2D eigenvalue weighted by atomic mass is 9.90. The lowest BCUT2D eigenvalue weighted by molar-refractivity contribution is -0.125. The van der Waals surface area contributed by atoms with Gasteiger partial charge in [0.15, 0.2) is 6.61 Å². The van der Waals surface area contributed by atoms with E-state index in [2.05, 4.69) is 5.32 Å². The Labute approximate surface area is 165 Å². The van der Waals surface area contributed by atoms with Crippen LogP contribution in [0.3, 0.4) is 0 Å². The molecule has 0 bridgehead atoms. The molecule has 1 heterocycles. The average molecular weight is 407 g/mol. The molecule has 1 aliphatic heterocycles. The van der Waals surface area contributed by atoms with Gasteiger partial charge < -0.3 is 10.1 Å². The minimum atomic E-state index is -3.65. The van der Waals surface area contributed by atoms with Crippen molar-refractivity contribution in [2.24, 2.45) is 5.92 Å². The van der Waals surface area contributed by atoms with Crippen LogP contribution in [0, 0.1) is 17.2 Å². The number of nitrogens with one attached hydrogen (secondary N) is 1. The van der Waals surface area contributed by atoms with Crippen LogP contribution in [0.1, 0.15) is 44.0 Å². The number of nitrogens with zero attached hydrogens (tertiary/aromatic N) is 2. The van der Waals surface area contributed by atoms with Crippen LogP contribution in [0.5, 0.6) is 0 Å². The number of benzene rings is 1. The Hall–Kier alpha value is -2.44. The summed E-state index contributed by atoms with van der Waals surface area (Å²) in [4.78, 5) is 24.3. The summed E-state index contributed by atoms with van der Waals surface area (Å²) in [5, 5.41) is 11.8. The fraction of sp³-hybridized carbons (Fsp3) is 0.526. The lowest BCUT2D eigenvalue weighted by Crippen LogP contribution is -2.50. The Kier molecular flexibility index (Phi) is 6.80. The van der Waals surface area contributed by atoms with Crippen molar-refractivity contribution in [3.8, 4) is 6.07 Å². The van der Waals surface area contributed by atoms with Crippen molar-refractivity contribution in [1.29, 1.82) is 5.26 Å². The van der Waals surface area contributed by atoms with Gasteiger partial charge in [-0.1, -0.05) is 19.9 Å². The van der Waals surface area contributed by atoms with Crippen molar-refractivity contribution in [3.05, 3.63) is 29.8 Å². The molecule has 1 atom stereocenters. The quantitative estimate of drug-likeness (QED) is 0.688. The summed E-state index contributed by atoms with van der Waals surface area (Å²) in [5.74, 6) is -1.55. The molecular weight excluding hydrogens is 382 g/mol. The van der Waals surface area contributed by atoms with Crippen LogP contribution in [0.2, 0.25) is 0 Å². The van der Waals surface area contributed by atoms with Gasteiger partial charge in [0.2, 0.25) is 10.0 Å². The van der Waals surface area contributed by atoms with Gasteiger partial charge in [0.05, 0.1) is 16.5 Å². The van der Waals surface area contributed by atoms with E-state index in [1.54, 1.807) is 20.8 Å². The van der Waals surface area contributed by atoms with Gasteiger partial charge >= 0.3 is 5.97 Å². The van der Waals surface area contributed by atoms with E-state index in [0.29, 0.717) is 13.1 Å². The number of amides is 1. The number of carbonyl (C=O) groups is 2. The van der Waals surface area contributed by atoms with Crippen LogP contribution in [-0.2, 0) is 19.6 Å². The second-order valence-electron chi connectivity index (χ2n) is 7.23. The zero-order valence-corrected chi connectivity index (χ0v) is 17.1. The van der Waals surface area contributed by atoms with Crippen molar-refractivity contribution in [1.82, 2.24) is 9.62 Å². The molecule has 1 aliphatic rings. The molecule has 1 saturated heterocycles. The summed E-state index contributed by atoms with van der Waals surface area (Å²) in [6, 6.07) is 7.61. The van der Waals surface area contributed by atoms with E-state index >= 15 is 0 Å². The number of hydrogen-bond donors (Lipinski definition) is 1. The second kappa shape index (κ2) is 8.71. The Bertz CT molecular complexity index is 885. The molecule has 1 fully saturated rings. The minimum absolute atomic E-state index is 0.0187. The maximum Gasteiger partial charge on any atom is 0.338 e. The Balaban J connectivity index is 2.04. The molecule has 152 valence electrons. The van der Waals surface area contributed by atoms with Crippen molar-refractivity contribution in [2.45, 2.75) is 44.0 Å². The molecule has 8 nitrogen and oxygen atoms in total. The van der Waals surface area contributed by atoms with Crippen molar-refractivity contribution in [3.63, 3.8) is 0 Å². The molecule has 0 aliphatic carbocycles. The van der Waals surface area contributed by atoms with E-state index < -0.39 is 34.0 Å². The first-order valence-corrected chi connectivity index (χ1v) is 10.5. The highest BCUT2D eigenvalue weighted by Gasteiger charge is 2.31. The van der Waals surface area contributed by atoms with E-state index in [4.69, 9.17) is 4.74 Å². The molecule has 0 aromatic heterocycles. The summed E-state index contributed by atoms with van der Waals surface area (Å²) in [6.07, 6.45) is 1.63. The standard InChI is InChI=1S/C19H25N3O5S/c1-14(2)19(3,13-20)21-17(23)12-27-18(24)15-7-6-8-16(11-15)28(25,26)22-9-4-5-10-22/h6-8,11,14H,4-5,9-10,12H2,1-3H3,(H,21,23)/t19-/m1/s1. The largest absolute Gasteiger partial charge is 0.452 e. The first kappa shape index (κ1) is 21.9. The van der Waals surface area contributed by atoms with Gasteiger partial charge in [-0.2, -0.15) is 9.57 Å². The number of nitriles is 1. The monoisotopic (exact) mass is 407 g/mol. The molecule has 0 radical (unpaired) electrons. The zero-order chi connectivity index (χ0) is 20.9. The van der Waals surface area contributed by atoms with Crippen LogP contribution < -0.4 is 5.32 Å². The number of hydrogen-bond acceptors (Lipinski definition) is 6. The second-order valence-corrected chi connectivity index (χ2v) is 9.17. The number of carbonyl (C=O) groups excluding carboxylic acids is 2. The highest BCUT2D eigenvalue weighted by molar-refractivity contribution is 7.89. The SMILES string of the molecule is CC(C)[C@@](C)(C#N)NC(=O)COC(=O)c1cccc(S(=O)(=O)N2CCCC2)c1. The summed E-state index contributed by atoms with van der Waals surface area (Å²) in [7, 11) is -3.65. The van der Waals surface area contributed by atoms with Crippen LogP contribution in [0.4, 0.5) is 0 Å². The van der Waals surface area contributed by atoms with E-state index in [0.717, 1.165) is 12.8 Å². The van der Waals surface area contributed by atoms with E-state index in [1.165, 1.54) is 28.6 Å². The molecule has 1 N–H and O–H groups in total. The van der Waals surface area contributed by atoms with Crippen LogP contribution in [0.25, 0.3) is 0 Å². The van der Waals surface area contributed by atoms with Crippen molar-refractivity contribution >= 4 is 21.9 Å². The highest BCUT2D eigenvalue weighted by Crippen LogP contribution is 2.22. The van der Waals surface area contributed by atoms with Crippen LogP contribution in [0.15, 0.2) is 29.2 Å². The molecule has 0 spiro atoms. The summed E-state index contributed by atoms with van der Waals surface area (Å²) >= 11 is 0. The van der Waals surface area contributed by atoms with Gasteiger partial charge in [-0.05, 0) is 43.9 Å². The Morgan fingerprint density at radius 1 is 1.32 bits per heavy atom. The van der Waals surface area contributed by atoms with Gasteiger partial charge in [-0.3, -0.25) is 4.79 Å². The van der Waals surface area contributed by atoms with Crippen LogP contribution in [-0.4, -0.2) is 49.8 Å². The van der Waals surface area contributed by atoms with Gasteiger partial charge in [-0.15, -0.1) is 0 Å². The molecule has 28 heavy (non-hydrogen) atoms. The number of ether oxygens (including phenoxy) is 1. The summed E-state index contributed by atoms with van der Waals surface area (Å²) in [6.45, 7) is 5.54. The molecule has 9 heteroatoms. The third-order valence-corrected chi connectivity index (χ3v) is 6.79. The van der Waals surface area contributed by atoms with Crippen molar-refractivity contribution < 1.29 is 22.7 Å². The van der Waals surface area contributed by atoms with E-state index in [9.17, 15) is 23.3 Å². The van der Waals surface area contributed by atoms with Gasteiger partial charge in [0, 0.05) is 13.1 Å². The first-order chi connectivity index (χ1) is 13.1. The molecule has 0 saturated carbocycles. The maximum absolute atomic E-state index is 12.6. The van der Waals surface area contributed by atoms with E-state index in [1.807, 2.05) is 6.07 Å².